The number of benzene rings is 2. The molecule has 150 valence electrons. The van der Waals surface area contributed by atoms with Crippen molar-refractivity contribution < 1.29 is 18.7 Å². The van der Waals surface area contributed by atoms with E-state index in [9.17, 15) is 9.59 Å². The average molecular weight is 392 g/mol. The van der Waals surface area contributed by atoms with Gasteiger partial charge in [0.05, 0.1) is 17.3 Å². The summed E-state index contributed by atoms with van der Waals surface area (Å²) < 4.78 is 11.1. The van der Waals surface area contributed by atoms with Crippen LogP contribution in [0.15, 0.2) is 65.2 Å². The predicted molar refractivity (Wildman–Crippen MR) is 110 cm³/mol. The van der Waals surface area contributed by atoms with E-state index in [0.29, 0.717) is 22.8 Å². The lowest BCUT2D eigenvalue weighted by atomic mass is 10.1. The second-order valence-corrected chi connectivity index (χ2v) is 6.77. The molecule has 0 saturated heterocycles. The van der Waals surface area contributed by atoms with E-state index < -0.39 is 5.97 Å². The minimum Gasteiger partial charge on any atom is -0.452 e. The van der Waals surface area contributed by atoms with E-state index in [0.717, 1.165) is 18.4 Å². The summed E-state index contributed by atoms with van der Waals surface area (Å²) in [7, 11) is 0. The topological polar surface area (TPSA) is 81.4 Å². The van der Waals surface area contributed by atoms with Crippen LogP contribution in [-0.4, -0.2) is 29.5 Å². The molecule has 0 unspecified atom stereocenters. The highest BCUT2D eigenvalue weighted by Crippen LogP contribution is 2.28. The maximum Gasteiger partial charge on any atom is 0.339 e. The number of hydrogen-bond acceptors (Lipinski definition) is 5. The Bertz CT molecular complexity index is 966. The molecule has 0 aliphatic rings. The second kappa shape index (κ2) is 9.68. The van der Waals surface area contributed by atoms with Crippen LogP contribution in [0.1, 0.15) is 37.0 Å². The molecule has 0 saturated carbocycles. The van der Waals surface area contributed by atoms with Gasteiger partial charge in [-0.25, -0.2) is 9.78 Å². The van der Waals surface area contributed by atoms with Crippen LogP contribution in [0.25, 0.3) is 22.8 Å². The van der Waals surface area contributed by atoms with Gasteiger partial charge >= 0.3 is 5.97 Å². The quantitative estimate of drug-likeness (QED) is 0.572. The Morgan fingerprint density at radius 2 is 1.83 bits per heavy atom. The lowest BCUT2D eigenvalue weighted by Crippen LogP contribution is -2.35. The Hall–Kier alpha value is -3.41. The van der Waals surface area contributed by atoms with Gasteiger partial charge in [-0.3, -0.25) is 4.79 Å². The average Bonchev–Trinajstić information content (AvgIpc) is 3.23. The highest BCUT2D eigenvalue weighted by Gasteiger charge is 2.19. The van der Waals surface area contributed by atoms with Crippen molar-refractivity contribution in [2.45, 2.75) is 32.7 Å². The molecule has 1 heterocycles. The molecule has 3 aromatic rings. The molecule has 6 heteroatoms. The van der Waals surface area contributed by atoms with Crippen LogP contribution in [0.2, 0.25) is 0 Å². The third-order valence-corrected chi connectivity index (χ3v) is 4.40. The van der Waals surface area contributed by atoms with Crippen molar-refractivity contribution in [2.75, 3.05) is 6.61 Å². The third kappa shape index (κ3) is 5.31. The number of carbonyl (C=O) groups excluding carboxylic acids is 2. The molecule has 0 radical (unpaired) electrons. The minimum absolute atomic E-state index is 0.0437. The number of aromatic nitrogens is 1. The molecule has 1 atom stereocenters. The van der Waals surface area contributed by atoms with Crippen molar-refractivity contribution in [3.63, 3.8) is 0 Å². The third-order valence-electron chi connectivity index (χ3n) is 4.40. The molecule has 1 amide bonds. The van der Waals surface area contributed by atoms with Gasteiger partial charge < -0.3 is 14.5 Å². The minimum atomic E-state index is -0.599. The number of nitrogens with zero attached hydrogens (tertiary/aromatic N) is 1. The fourth-order valence-corrected chi connectivity index (χ4v) is 3.01. The smallest absolute Gasteiger partial charge is 0.339 e. The number of esters is 1. The summed E-state index contributed by atoms with van der Waals surface area (Å²) in [6.45, 7) is 3.64. The van der Waals surface area contributed by atoms with Gasteiger partial charge in [0.1, 0.15) is 0 Å². The van der Waals surface area contributed by atoms with E-state index in [-0.39, 0.29) is 18.6 Å². The van der Waals surface area contributed by atoms with E-state index in [2.05, 4.69) is 10.3 Å². The number of oxazole rings is 1. The number of amides is 1. The van der Waals surface area contributed by atoms with Crippen molar-refractivity contribution >= 4 is 11.9 Å². The lowest BCUT2D eigenvalue weighted by Gasteiger charge is -2.13. The molecular weight excluding hydrogens is 368 g/mol. The Balaban J connectivity index is 1.71. The zero-order valence-electron chi connectivity index (χ0n) is 16.6. The molecule has 1 aromatic heterocycles. The summed E-state index contributed by atoms with van der Waals surface area (Å²) in [5.41, 5.74) is 1.70. The molecule has 0 bridgehead atoms. The normalized spacial score (nSPS) is 11.7. The first-order valence-corrected chi connectivity index (χ1v) is 9.65. The van der Waals surface area contributed by atoms with Gasteiger partial charge in [0, 0.05) is 11.6 Å². The Labute approximate surface area is 169 Å². The van der Waals surface area contributed by atoms with Gasteiger partial charge in [-0.05, 0) is 25.5 Å². The molecule has 6 nitrogen and oxygen atoms in total. The van der Waals surface area contributed by atoms with E-state index in [4.69, 9.17) is 9.15 Å². The van der Waals surface area contributed by atoms with Crippen molar-refractivity contribution in [3.8, 4) is 22.8 Å². The first kappa shape index (κ1) is 20.3. The second-order valence-electron chi connectivity index (χ2n) is 6.77. The van der Waals surface area contributed by atoms with Crippen molar-refractivity contribution in [2.24, 2.45) is 0 Å². The van der Waals surface area contributed by atoms with Crippen molar-refractivity contribution in [3.05, 3.63) is 66.4 Å². The Kier molecular flexibility index (Phi) is 6.79. The SMILES string of the molecule is CCC[C@@H](C)NC(=O)COC(=O)c1ccccc1-c1ncc(-c2ccccc2)o1. The predicted octanol–water partition coefficient (Wildman–Crippen LogP) is 4.47. The summed E-state index contributed by atoms with van der Waals surface area (Å²) in [4.78, 5) is 28.8. The van der Waals surface area contributed by atoms with Gasteiger partial charge in [-0.1, -0.05) is 55.8 Å². The van der Waals surface area contributed by atoms with Crippen LogP contribution in [0.5, 0.6) is 0 Å². The Morgan fingerprint density at radius 3 is 2.59 bits per heavy atom. The van der Waals surface area contributed by atoms with Crippen molar-refractivity contribution in [1.82, 2.24) is 10.3 Å². The summed E-state index contributed by atoms with van der Waals surface area (Å²) in [6, 6.07) is 16.5. The summed E-state index contributed by atoms with van der Waals surface area (Å²) in [6.07, 6.45) is 3.46. The van der Waals surface area contributed by atoms with E-state index in [1.54, 1.807) is 30.5 Å². The van der Waals surface area contributed by atoms with Gasteiger partial charge in [0.25, 0.3) is 5.91 Å². The number of rotatable bonds is 8. The van der Waals surface area contributed by atoms with Gasteiger partial charge in [0.15, 0.2) is 12.4 Å². The van der Waals surface area contributed by atoms with E-state index in [1.165, 1.54) is 0 Å². The van der Waals surface area contributed by atoms with E-state index >= 15 is 0 Å². The van der Waals surface area contributed by atoms with Crippen LogP contribution >= 0.6 is 0 Å². The van der Waals surface area contributed by atoms with Crippen LogP contribution in [-0.2, 0) is 9.53 Å². The van der Waals surface area contributed by atoms with Gasteiger partial charge in [-0.2, -0.15) is 0 Å². The van der Waals surface area contributed by atoms with Crippen LogP contribution in [0, 0.1) is 0 Å². The van der Waals surface area contributed by atoms with Crippen LogP contribution in [0.4, 0.5) is 0 Å². The monoisotopic (exact) mass is 392 g/mol. The largest absolute Gasteiger partial charge is 0.452 e. The van der Waals surface area contributed by atoms with Gasteiger partial charge in [0.2, 0.25) is 5.89 Å². The fraction of sp³-hybridized carbons (Fsp3) is 0.261. The zero-order chi connectivity index (χ0) is 20.6. The molecule has 1 N–H and O–H groups in total. The molecule has 2 aromatic carbocycles. The maximum atomic E-state index is 12.6. The summed E-state index contributed by atoms with van der Waals surface area (Å²) in [5.74, 6) is 0.00288. The van der Waals surface area contributed by atoms with Crippen molar-refractivity contribution in [1.29, 1.82) is 0 Å². The summed E-state index contributed by atoms with van der Waals surface area (Å²) >= 11 is 0. The molecule has 0 fully saturated rings. The summed E-state index contributed by atoms with van der Waals surface area (Å²) in [5, 5.41) is 2.81. The maximum absolute atomic E-state index is 12.6. The van der Waals surface area contributed by atoms with Gasteiger partial charge in [-0.15, -0.1) is 0 Å². The number of hydrogen-bond donors (Lipinski definition) is 1. The zero-order valence-corrected chi connectivity index (χ0v) is 16.6. The highest BCUT2D eigenvalue weighted by atomic mass is 16.5. The van der Waals surface area contributed by atoms with E-state index in [1.807, 2.05) is 44.2 Å². The fourth-order valence-electron chi connectivity index (χ4n) is 3.01. The number of carbonyl (C=O) groups is 2. The Morgan fingerprint density at radius 1 is 1.10 bits per heavy atom. The molecule has 3 rings (SSSR count). The molecule has 0 aliphatic carbocycles. The number of ether oxygens (including phenoxy) is 1. The van der Waals surface area contributed by atoms with Crippen LogP contribution in [0.3, 0.4) is 0 Å². The standard InChI is InChI=1S/C23H24N2O4/c1-3-9-16(2)25-21(26)15-28-23(27)19-13-8-7-12-18(19)22-24-14-20(29-22)17-10-5-4-6-11-17/h4-8,10-14,16H,3,9,15H2,1-2H3,(H,25,26)/t16-/m1/s1. The molecule has 0 spiro atoms. The molecular formula is C23H24N2O4. The van der Waals surface area contributed by atoms with Crippen LogP contribution < -0.4 is 5.32 Å². The first-order chi connectivity index (χ1) is 14.1. The number of nitrogens with one attached hydrogen (secondary N) is 1. The molecule has 0 aliphatic heterocycles. The molecule has 29 heavy (non-hydrogen) atoms. The first-order valence-electron chi connectivity index (χ1n) is 9.65. The lowest BCUT2D eigenvalue weighted by molar-refractivity contribution is -0.124. The highest BCUT2D eigenvalue weighted by molar-refractivity contribution is 5.97.